The minimum atomic E-state index is 0.0599. The maximum atomic E-state index is 11.5. The zero-order chi connectivity index (χ0) is 14.8. The number of nitrogens with one attached hydrogen (secondary N) is 2. The van der Waals surface area contributed by atoms with E-state index in [-0.39, 0.29) is 11.9 Å². The molecule has 1 heterocycles. The quantitative estimate of drug-likeness (QED) is 0.833. The number of hydrogen-bond acceptors (Lipinski definition) is 3. The lowest BCUT2D eigenvalue weighted by Gasteiger charge is -2.20. The van der Waals surface area contributed by atoms with Crippen LogP contribution < -0.4 is 10.6 Å². The van der Waals surface area contributed by atoms with E-state index in [1.807, 2.05) is 18.2 Å². The molecule has 0 radical (unpaired) electrons. The first-order chi connectivity index (χ1) is 10.1. The van der Waals surface area contributed by atoms with Gasteiger partial charge in [0, 0.05) is 21.1 Å². The van der Waals surface area contributed by atoms with Crippen molar-refractivity contribution in [1.82, 2.24) is 0 Å². The van der Waals surface area contributed by atoms with Crippen LogP contribution in [0.2, 0.25) is 0 Å². The Hall–Kier alpha value is -1.46. The largest absolute Gasteiger partial charge is 0.378 e. The molecule has 2 N–H and O–H groups in total. The Labute approximate surface area is 136 Å². The Bertz CT molecular complexity index is 690. The number of anilines is 2. The molecule has 0 bridgehead atoms. The molecule has 1 aliphatic heterocycles. The molecular weight excluding hydrogens is 348 g/mol. The molecule has 108 valence electrons. The van der Waals surface area contributed by atoms with Crippen LogP contribution in [0.5, 0.6) is 0 Å². The van der Waals surface area contributed by atoms with Crippen molar-refractivity contribution in [1.29, 1.82) is 0 Å². The Balaban J connectivity index is 1.79. The van der Waals surface area contributed by atoms with E-state index >= 15 is 0 Å². The molecule has 3 nitrogen and oxygen atoms in total. The number of thioether (sulfide) groups is 1. The topological polar surface area (TPSA) is 41.1 Å². The highest BCUT2D eigenvalue weighted by molar-refractivity contribution is 9.10. The van der Waals surface area contributed by atoms with Gasteiger partial charge in [-0.2, -0.15) is 0 Å². The summed E-state index contributed by atoms with van der Waals surface area (Å²) in [5.41, 5.74) is 3.10. The van der Waals surface area contributed by atoms with Gasteiger partial charge in [0.15, 0.2) is 0 Å². The van der Waals surface area contributed by atoms with Crippen LogP contribution in [0.4, 0.5) is 11.4 Å². The molecule has 0 aliphatic carbocycles. The molecule has 21 heavy (non-hydrogen) atoms. The van der Waals surface area contributed by atoms with Crippen LogP contribution in [0, 0.1) is 0 Å². The summed E-state index contributed by atoms with van der Waals surface area (Å²) >= 11 is 5.07. The molecule has 1 amide bonds. The first kappa shape index (κ1) is 14.5. The van der Waals surface area contributed by atoms with Crippen molar-refractivity contribution in [3.8, 4) is 0 Å². The van der Waals surface area contributed by atoms with Crippen molar-refractivity contribution >= 4 is 45.0 Å². The van der Waals surface area contributed by atoms with Gasteiger partial charge in [-0.3, -0.25) is 4.79 Å². The number of fused-ring (bicyclic) bond motifs is 1. The number of carbonyl (C=O) groups is 1. The molecule has 5 heteroatoms. The van der Waals surface area contributed by atoms with Gasteiger partial charge in [-0.25, -0.2) is 0 Å². The molecule has 0 aromatic heterocycles. The molecule has 0 fully saturated rings. The highest BCUT2D eigenvalue weighted by Gasteiger charge is 2.16. The lowest BCUT2D eigenvalue weighted by atomic mass is 10.1. The molecule has 2 aromatic rings. The van der Waals surface area contributed by atoms with Crippen LogP contribution in [0.3, 0.4) is 0 Å². The SMILES string of the molecule is CC(Nc1ccc2c(c1)NC(=O)CS2)c1cccc(Br)c1. The number of carbonyl (C=O) groups excluding carboxylic acids is 1. The lowest BCUT2D eigenvalue weighted by molar-refractivity contribution is -0.113. The summed E-state index contributed by atoms with van der Waals surface area (Å²) in [6.07, 6.45) is 0. The van der Waals surface area contributed by atoms with E-state index < -0.39 is 0 Å². The minimum absolute atomic E-state index is 0.0599. The van der Waals surface area contributed by atoms with Gasteiger partial charge in [0.05, 0.1) is 11.4 Å². The van der Waals surface area contributed by atoms with E-state index in [1.54, 1.807) is 11.8 Å². The van der Waals surface area contributed by atoms with Gasteiger partial charge in [0.25, 0.3) is 0 Å². The van der Waals surface area contributed by atoms with Gasteiger partial charge < -0.3 is 10.6 Å². The summed E-state index contributed by atoms with van der Waals surface area (Å²) in [7, 11) is 0. The summed E-state index contributed by atoms with van der Waals surface area (Å²) in [5, 5.41) is 6.38. The Kier molecular flexibility index (Phi) is 4.22. The Morgan fingerprint density at radius 3 is 2.95 bits per heavy atom. The molecule has 2 aromatic carbocycles. The third-order valence-electron chi connectivity index (χ3n) is 3.34. The average molecular weight is 363 g/mol. The molecule has 1 unspecified atom stereocenters. The zero-order valence-corrected chi connectivity index (χ0v) is 13.9. The van der Waals surface area contributed by atoms with Gasteiger partial charge in [0.1, 0.15) is 0 Å². The lowest BCUT2D eigenvalue weighted by Crippen LogP contribution is -2.18. The summed E-state index contributed by atoms with van der Waals surface area (Å²) in [5.74, 6) is 0.554. The van der Waals surface area contributed by atoms with Gasteiger partial charge in [-0.05, 0) is 42.8 Å². The fraction of sp³-hybridized carbons (Fsp3) is 0.188. The second kappa shape index (κ2) is 6.12. The van der Waals surface area contributed by atoms with E-state index in [0.29, 0.717) is 5.75 Å². The van der Waals surface area contributed by atoms with Crippen molar-refractivity contribution in [2.45, 2.75) is 17.9 Å². The van der Waals surface area contributed by atoms with Gasteiger partial charge >= 0.3 is 0 Å². The maximum absolute atomic E-state index is 11.5. The van der Waals surface area contributed by atoms with Crippen LogP contribution in [0.15, 0.2) is 51.8 Å². The molecule has 1 aliphatic rings. The molecular formula is C16H15BrN2OS. The number of halogens is 1. The number of hydrogen-bond donors (Lipinski definition) is 2. The monoisotopic (exact) mass is 362 g/mol. The number of amides is 1. The van der Waals surface area contributed by atoms with Crippen molar-refractivity contribution in [3.05, 3.63) is 52.5 Å². The Morgan fingerprint density at radius 2 is 2.14 bits per heavy atom. The van der Waals surface area contributed by atoms with Gasteiger partial charge in [0.2, 0.25) is 5.91 Å². The number of rotatable bonds is 3. The average Bonchev–Trinajstić information content (AvgIpc) is 2.46. The number of benzene rings is 2. The molecule has 1 atom stereocenters. The molecule has 0 saturated heterocycles. The normalized spacial score (nSPS) is 15.0. The van der Waals surface area contributed by atoms with Crippen LogP contribution in [0.1, 0.15) is 18.5 Å². The van der Waals surface area contributed by atoms with Crippen molar-refractivity contribution in [2.75, 3.05) is 16.4 Å². The molecule has 0 saturated carbocycles. The third kappa shape index (κ3) is 3.41. The van der Waals surface area contributed by atoms with Crippen LogP contribution >= 0.6 is 27.7 Å². The van der Waals surface area contributed by atoms with E-state index in [0.717, 1.165) is 20.7 Å². The zero-order valence-electron chi connectivity index (χ0n) is 11.5. The van der Waals surface area contributed by atoms with E-state index in [2.05, 4.69) is 57.8 Å². The highest BCUT2D eigenvalue weighted by atomic mass is 79.9. The fourth-order valence-electron chi connectivity index (χ4n) is 2.28. The minimum Gasteiger partial charge on any atom is -0.378 e. The third-order valence-corrected chi connectivity index (χ3v) is 4.91. The first-order valence-corrected chi connectivity index (χ1v) is 8.48. The predicted octanol–water partition coefficient (Wildman–Crippen LogP) is 4.67. The smallest absolute Gasteiger partial charge is 0.234 e. The summed E-state index contributed by atoms with van der Waals surface area (Å²) < 4.78 is 1.07. The summed E-state index contributed by atoms with van der Waals surface area (Å²) in [6.45, 7) is 2.12. The van der Waals surface area contributed by atoms with Gasteiger partial charge in [-0.1, -0.05) is 28.1 Å². The standard InChI is InChI=1S/C16H15BrN2OS/c1-10(11-3-2-4-12(17)7-11)18-13-5-6-15-14(8-13)19-16(20)9-21-15/h2-8,10,18H,9H2,1H3,(H,19,20). The molecule has 3 rings (SSSR count). The summed E-state index contributed by atoms with van der Waals surface area (Å²) in [6, 6.07) is 14.5. The van der Waals surface area contributed by atoms with Crippen molar-refractivity contribution in [2.24, 2.45) is 0 Å². The Morgan fingerprint density at radius 1 is 1.29 bits per heavy atom. The first-order valence-electron chi connectivity index (χ1n) is 6.70. The van der Waals surface area contributed by atoms with Crippen LogP contribution in [-0.2, 0) is 4.79 Å². The second-order valence-electron chi connectivity index (χ2n) is 4.97. The summed E-state index contributed by atoms with van der Waals surface area (Å²) in [4.78, 5) is 12.6. The van der Waals surface area contributed by atoms with E-state index in [1.165, 1.54) is 5.56 Å². The highest BCUT2D eigenvalue weighted by Crippen LogP contribution is 2.34. The van der Waals surface area contributed by atoms with E-state index in [9.17, 15) is 4.79 Å². The molecule has 0 spiro atoms. The van der Waals surface area contributed by atoms with Crippen molar-refractivity contribution < 1.29 is 4.79 Å². The fourth-order valence-corrected chi connectivity index (χ4v) is 3.49. The van der Waals surface area contributed by atoms with Gasteiger partial charge in [-0.15, -0.1) is 11.8 Å². The van der Waals surface area contributed by atoms with Crippen LogP contribution in [0.25, 0.3) is 0 Å². The second-order valence-corrected chi connectivity index (χ2v) is 6.90. The maximum Gasteiger partial charge on any atom is 0.234 e. The van der Waals surface area contributed by atoms with Crippen molar-refractivity contribution in [3.63, 3.8) is 0 Å². The predicted molar refractivity (Wildman–Crippen MR) is 92.0 cm³/mol. The van der Waals surface area contributed by atoms with E-state index in [4.69, 9.17) is 0 Å². The van der Waals surface area contributed by atoms with Crippen LogP contribution in [-0.4, -0.2) is 11.7 Å².